The van der Waals surface area contributed by atoms with E-state index in [9.17, 15) is 13.2 Å². The first kappa shape index (κ1) is 15.5. The van der Waals surface area contributed by atoms with Crippen molar-refractivity contribution in [1.82, 2.24) is 4.31 Å². The third-order valence-corrected chi connectivity index (χ3v) is 6.77. The molecule has 22 heavy (non-hydrogen) atoms. The highest BCUT2D eigenvalue weighted by molar-refractivity contribution is 7.89. The number of sulfonamides is 1. The molecule has 0 unspecified atom stereocenters. The van der Waals surface area contributed by atoms with Crippen LogP contribution in [0.5, 0.6) is 0 Å². The normalized spacial score (nSPS) is 29.0. The Morgan fingerprint density at radius 2 is 1.86 bits per heavy atom. The van der Waals surface area contributed by atoms with Crippen LogP contribution < -0.4 is 0 Å². The van der Waals surface area contributed by atoms with E-state index < -0.39 is 22.0 Å². The predicted octanol–water partition coefficient (Wildman–Crippen LogP) is 2.18. The second-order valence-corrected chi connectivity index (χ2v) is 7.88. The Balaban J connectivity index is 2.02. The number of methoxy groups -OCH3 is 1. The first-order chi connectivity index (χ1) is 10.6. The fraction of sp³-hybridized carbons (Fsp3) is 0.562. The zero-order chi connectivity index (χ0) is 15.7. The van der Waals surface area contributed by atoms with Gasteiger partial charge in [0.1, 0.15) is 6.04 Å². The van der Waals surface area contributed by atoms with Crippen molar-refractivity contribution in [3.05, 3.63) is 30.3 Å². The predicted molar refractivity (Wildman–Crippen MR) is 81.6 cm³/mol. The molecule has 0 N–H and O–H groups in total. The molecule has 0 spiro atoms. The van der Waals surface area contributed by atoms with Crippen LogP contribution >= 0.6 is 0 Å². The summed E-state index contributed by atoms with van der Waals surface area (Å²) in [5.74, 6) is -0.190. The Morgan fingerprint density at radius 3 is 2.55 bits per heavy atom. The van der Waals surface area contributed by atoms with Gasteiger partial charge in [0, 0.05) is 6.04 Å². The van der Waals surface area contributed by atoms with Crippen LogP contribution in [0.1, 0.15) is 32.1 Å². The van der Waals surface area contributed by atoms with E-state index in [4.69, 9.17) is 4.74 Å². The van der Waals surface area contributed by atoms with Crippen LogP contribution in [-0.4, -0.2) is 37.9 Å². The molecule has 1 saturated carbocycles. The molecule has 3 rings (SSSR count). The molecule has 0 amide bonds. The van der Waals surface area contributed by atoms with E-state index in [-0.39, 0.29) is 16.9 Å². The van der Waals surface area contributed by atoms with Gasteiger partial charge < -0.3 is 4.74 Å². The molecule has 120 valence electrons. The fourth-order valence-corrected chi connectivity index (χ4v) is 5.70. The minimum atomic E-state index is -3.68. The van der Waals surface area contributed by atoms with Crippen LogP contribution in [0.4, 0.5) is 0 Å². The van der Waals surface area contributed by atoms with Crippen molar-refractivity contribution in [2.24, 2.45) is 5.92 Å². The number of hydrogen-bond acceptors (Lipinski definition) is 4. The van der Waals surface area contributed by atoms with Crippen molar-refractivity contribution in [2.45, 2.75) is 49.1 Å². The molecule has 2 aliphatic rings. The summed E-state index contributed by atoms with van der Waals surface area (Å²) in [5.41, 5.74) is 0. The number of carbonyl (C=O) groups excluding carboxylic acids is 1. The minimum absolute atomic E-state index is 0.0805. The highest BCUT2D eigenvalue weighted by atomic mass is 32.2. The molecular formula is C16H21NO4S. The standard InChI is InChI=1S/C16H21NO4S/c1-21-16(18)15-11-12-7-5-6-10-14(12)17(15)22(19,20)13-8-3-2-4-9-13/h2-4,8-9,12,14-15H,5-7,10-11H2,1H3/t12-,14+,15-/m0/s1. The average Bonchev–Trinajstić information content (AvgIpc) is 2.95. The van der Waals surface area contributed by atoms with Crippen LogP contribution in [0.3, 0.4) is 0 Å². The minimum Gasteiger partial charge on any atom is -0.468 e. The highest BCUT2D eigenvalue weighted by Crippen LogP contribution is 2.42. The number of benzene rings is 1. The third kappa shape index (κ3) is 2.54. The number of ether oxygens (including phenoxy) is 1. The molecule has 1 aromatic carbocycles. The lowest BCUT2D eigenvalue weighted by atomic mass is 9.85. The van der Waals surface area contributed by atoms with E-state index in [1.54, 1.807) is 30.3 Å². The van der Waals surface area contributed by atoms with Gasteiger partial charge >= 0.3 is 5.97 Å². The topological polar surface area (TPSA) is 63.7 Å². The number of fused-ring (bicyclic) bond motifs is 1. The third-order valence-electron chi connectivity index (χ3n) is 4.82. The molecule has 0 aromatic heterocycles. The molecule has 2 fully saturated rings. The van der Waals surface area contributed by atoms with Crippen molar-refractivity contribution in [3.8, 4) is 0 Å². The lowest BCUT2D eigenvalue weighted by Gasteiger charge is -2.32. The van der Waals surface area contributed by atoms with Crippen LogP contribution in [0, 0.1) is 5.92 Å². The summed E-state index contributed by atoms with van der Waals surface area (Å²) in [4.78, 5) is 12.4. The van der Waals surface area contributed by atoms with Gasteiger partial charge in [0.15, 0.2) is 0 Å². The van der Waals surface area contributed by atoms with E-state index >= 15 is 0 Å². The molecule has 3 atom stereocenters. The Bertz CT molecular complexity index is 643. The van der Waals surface area contributed by atoms with E-state index in [1.807, 2.05) is 0 Å². The van der Waals surface area contributed by atoms with E-state index in [0.717, 1.165) is 25.7 Å². The SMILES string of the molecule is COC(=O)[C@@H]1C[C@@H]2CCCC[C@H]2N1S(=O)(=O)c1ccccc1. The van der Waals surface area contributed by atoms with Crippen LogP contribution in [-0.2, 0) is 19.6 Å². The van der Waals surface area contributed by atoms with Crippen molar-refractivity contribution < 1.29 is 17.9 Å². The van der Waals surface area contributed by atoms with Crippen molar-refractivity contribution in [1.29, 1.82) is 0 Å². The number of esters is 1. The van der Waals surface area contributed by atoms with Gasteiger partial charge in [-0.05, 0) is 37.3 Å². The van der Waals surface area contributed by atoms with Crippen LogP contribution in [0.25, 0.3) is 0 Å². The lowest BCUT2D eigenvalue weighted by Crippen LogP contribution is -2.46. The molecule has 1 aliphatic heterocycles. The van der Waals surface area contributed by atoms with Gasteiger partial charge in [0.25, 0.3) is 0 Å². The molecule has 6 heteroatoms. The number of carbonyl (C=O) groups is 1. The van der Waals surface area contributed by atoms with Gasteiger partial charge in [-0.3, -0.25) is 4.79 Å². The summed E-state index contributed by atoms with van der Waals surface area (Å²) in [6, 6.07) is 7.58. The molecule has 5 nitrogen and oxygen atoms in total. The maximum atomic E-state index is 13.0. The Morgan fingerprint density at radius 1 is 1.18 bits per heavy atom. The fourth-order valence-electron chi connectivity index (χ4n) is 3.82. The molecule has 0 radical (unpaired) electrons. The highest BCUT2D eigenvalue weighted by Gasteiger charge is 2.51. The Labute approximate surface area is 131 Å². The van der Waals surface area contributed by atoms with Crippen molar-refractivity contribution >= 4 is 16.0 Å². The molecule has 1 aromatic rings. The Kier molecular flexibility index (Phi) is 4.23. The van der Waals surface area contributed by atoms with Gasteiger partial charge in [0.2, 0.25) is 10.0 Å². The monoisotopic (exact) mass is 323 g/mol. The van der Waals surface area contributed by atoms with Gasteiger partial charge in [-0.25, -0.2) is 8.42 Å². The van der Waals surface area contributed by atoms with Crippen molar-refractivity contribution in [3.63, 3.8) is 0 Å². The molecular weight excluding hydrogens is 302 g/mol. The summed E-state index contributed by atoms with van der Waals surface area (Å²) in [5, 5.41) is 0. The van der Waals surface area contributed by atoms with E-state index in [1.165, 1.54) is 11.4 Å². The lowest BCUT2D eigenvalue weighted by molar-refractivity contribution is -0.144. The molecule has 1 saturated heterocycles. The number of rotatable bonds is 3. The summed E-state index contributed by atoms with van der Waals surface area (Å²) in [7, 11) is -2.36. The number of hydrogen-bond donors (Lipinski definition) is 0. The van der Waals surface area contributed by atoms with Crippen molar-refractivity contribution in [2.75, 3.05) is 7.11 Å². The van der Waals surface area contributed by atoms with E-state index in [0.29, 0.717) is 6.42 Å². The zero-order valence-corrected chi connectivity index (χ0v) is 13.5. The second-order valence-electron chi connectivity index (χ2n) is 6.03. The largest absolute Gasteiger partial charge is 0.468 e. The van der Waals surface area contributed by atoms with Gasteiger partial charge in [-0.2, -0.15) is 4.31 Å². The summed E-state index contributed by atoms with van der Waals surface area (Å²) in [6.45, 7) is 0. The smallest absolute Gasteiger partial charge is 0.324 e. The zero-order valence-electron chi connectivity index (χ0n) is 12.6. The Hall–Kier alpha value is -1.40. The summed E-state index contributed by atoms with van der Waals surface area (Å²) in [6.07, 6.45) is 4.50. The quantitative estimate of drug-likeness (QED) is 0.800. The first-order valence-corrected chi connectivity index (χ1v) is 9.16. The summed E-state index contributed by atoms with van der Waals surface area (Å²) < 4.78 is 32.4. The molecule has 1 heterocycles. The first-order valence-electron chi connectivity index (χ1n) is 7.72. The second kappa shape index (κ2) is 6.01. The molecule has 1 aliphatic carbocycles. The van der Waals surface area contributed by atoms with Gasteiger partial charge in [-0.15, -0.1) is 0 Å². The average molecular weight is 323 g/mol. The van der Waals surface area contributed by atoms with E-state index in [2.05, 4.69) is 0 Å². The number of nitrogens with zero attached hydrogens (tertiary/aromatic N) is 1. The van der Waals surface area contributed by atoms with Crippen LogP contribution in [0.15, 0.2) is 35.2 Å². The molecule has 0 bridgehead atoms. The van der Waals surface area contributed by atoms with Crippen LogP contribution in [0.2, 0.25) is 0 Å². The van der Waals surface area contributed by atoms with Gasteiger partial charge in [0.05, 0.1) is 12.0 Å². The van der Waals surface area contributed by atoms with Gasteiger partial charge in [-0.1, -0.05) is 31.0 Å². The summed E-state index contributed by atoms with van der Waals surface area (Å²) >= 11 is 0. The maximum absolute atomic E-state index is 13.0. The maximum Gasteiger partial charge on any atom is 0.324 e.